The molecular weight excluding hydrogens is 227 g/mol. The van der Waals surface area contributed by atoms with E-state index >= 15 is 0 Å². The van der Waals surface area contributed by atoms with Gasteiger partial charge in [-0.2, -0.15) is 0 Å². The normalized spacial score (nSPS) is 12.3. The first-order chi connectivity index (χ1) is 6.56. The Morgan fingerprint density at radius 2 is 2.07 bits per heavy atom. The number of halogens is 2. The number of carbonyl (C=O) groups is 1. The molecule has 0 heterocycles. The van der Waals surface area contributed by atoms with Gasteiger partial charge in [0.2, 0.25) is 0 Å². The Labute approximate surface area is 91.2 Å². The molecule has 1 rings (SSSR count). The van der Waals surface area contributed by atoms with Crippen LogP contribution in [0.25, 0.3) is 0 Å². The van der Waals surface area contributed by atoms with Gasteiger partial charge >= 0.3 is 5.97 Å². The zero-order valence-electron chi connectivity index (χ0n) is 7.33. The second-order valence-electron chi connectivity index (χ2n) is 2.60. The fourth-order valence-electron chi connectivity index (χ4n) is 0.930. The third-order valence-electron chi connectivity index (χ3n) is 1.68. The van der Waals surface area contributed by atoms with Gasteiger partial charge in [0, 0.05) is 0 Å². The number of aliphatic hydroxyl groups is 1. The molecule has 1 aromatic rings. The first kappa shape index (κ1) is 11.3. The molecule has 0 aliphatic rings. The first-order valence-corrected chi connectivity index (χ1v) is 4.52. The van der Waals surface area contributed by atoms with Crippen molar-refractivity contribution in [1.82, 2.24) is 0 Å². The fourth-order valence-corrected chi connectivity index (χ4v) is 1.24. The lowest BCUT2D eigenvalue weighted by Crippen LogP contribution is -2.13. The summed E-state index contributed by atoms with van der Waals surface area (Å²) in [6.07, 6.45) is -1.32. The molecule has 0 fully saturated rings. The lowest BCUT2D eigenvalue weighted by molar-refractivity contribution is -0.150. The summed E-state index contributed by atoms with van der Waals surface area (Å²) in [6, 6.07) is 4.44. The largest absolute Gasteiger partial charge is 0.467 e. The van der Waals surface area contributed by atoms with E-state index in [-0.39, 0.29) is 5.02 Å². The van der Waals surface area contributed by atoms with Crippen molar-refractivity contribution in [3.05, 3.63) is 33.8 Å². The summed E-state index contributed by atoms with van der Waals surface area (Å²) in [6.45, 7) is 0. The van der Waals surface area contributed by atoms with Crippen molar-refractivity contribution < 1.29 is 14.6 Å². The van der Waals surface area contributed by atoms with Crippen LogP contribution >= 0.6 is 23.2 Å². The summed E-state index contributed by atoms with van der Waals surface area (Å²) in [5.74, 6) is -0.733. The molecule has 1 N–H and O–H groups in total. The topological polar surface area (TPSA) is 46.5 Å². The maximum absolute atomic E-state index is 11.0. The highest BCUT2D eigenvalue weighted by Crippen LogP contribution is 2.25. The van der Waals surface area contributed by atoms with Gasteiger partial charge in [-0.05, 0) is 17.7 Å². The summed E-state index contributed by atoms with van der Waals surface area (Å²) in [5.41, 5.74) is 0.353. The van der Waals surface area contributed by atoms with E-state index < -0.39 is 12.1 Å². The predicted octanol–water partition coefficient (Wildman–Crippen LogP) is 2.20. The number of hydrogen-bond donors (Lipinski definition) is 1. The van der Waals surface area contributed by atoms with Crippen LogP contribution in [-0.4, -0.2) is 18.2 Å². The van der Waals surface area contributed by atoms with Crippen molar-refractivity contribution in [2.24, 2.45) is 0 Å². The van der Waals surface area contributed by atoms with Crippen LogP contribution in [0.15, 0.2) is 18.2 Å². The third kappa shape index (κ3) is 2.38. The van der Waals surface area contributed by atoms with Crippen LogP contribution in [-0.2, 0) is 9.53 Å². The second-order valence-corrected chi connectivity index (χ2v) is 3.41. The standard InChI is InChI=1S/C9H8Cl2O3/c1-14-9(13)8(12)5-2-3-6(10)7(11)4-5/h2-4,8,12H,1H3. The van der Waals surface area contributed by atoms with Crippen molar-refractivity contribution in [2.45, 2.75) is 6.10 Å². The molecule has 1 atom stereocenters. The minimum Gasteiger partial charge on any atom is -0.467 e. The average molecular weight is 235 g/mol. The zero-order chi connectivity index (χ0) is 10.7. The lowest BCUT2D eigenvalue weighted by atomic mass is 10.1. The SMILES string of the molecule is COC(=O)C(O)c1ccc(Cl)c(Cl)c1. The minimum absolute atomic E-state index is 0.284. The van der Waals surface area contributed by atoms with Crippen LogP contribution in [0, 0.1) is 0 Å². The van der Waals surface area contributed by atoms with Gasteiger partial charge in [-0.1, -0.05) is 29.3 Å². The van der Waals surface area contributed by atoms with Gasteiger partial charge in [-0.3, -0.25) is 0 Å². The number of esters is 1. The van der Waals surface area contributed by atoms with E-state index in [1.165, 1.54) is 25.3 Å². The van der Waals surface area contributed by atoms with E-state index in [0.29, 0.717) is 10.6 Å². The van der Waals surface area contributed by atoms with Crippen LogP contribution in [0.2, 0.25) is 10.0 Å². The van der Waals surface area contributed by atoms with E-state index in [2.05, 4.69) is 4.74 Å². The Morgan fingerprint density at radius 1 is 1.43 bits per heavy atom. The van der Waals surface area contributed by atoms with Crippen LogP contribution in [0.4, 0.5) is 0 Å². The lowest BCUT2D eigenvalue weighted by Gasteiger charge is -2.08. The second kappa shape index (κ2) is 4.64. The van der Waals surface area contributed by atoms with Crippen molar-refractivity contribution >= 4 is 29.2 Å². The molecule has 76 valence electrons. The quantitative estimate of drug-likeness (QED) is 0.799. The van der Waals surface area contributed by atoms with Gasteiger partial charge < -0.3 is 9.84 Å². The number of rotatable bonds is 2. The molecule has 3 nitrogen and oxygen atoms in total. The Morgan fingerprint density at radius 3 is 2.57 bits per heavy atom. The van der Waals surface area contributed by atoms with E-state index in [1.807, 2.05) is 0 Å². The van der Waals surface area contributed by atoms with Crippen LogP contribution in [0.5, 0.6) is 0 Å². The molecule has 0 aliphatic carbocycles. The zero-order valence-corrected chi connectivity index (χ0v) is 8.84. The summed E-state index contributed by atoms with van der Waals surface area (Å²) in [5, 5.41) is 10.1. The number of ether oxygens (including phenoxy) is 1. The van der Waals surface area contributed by atoms with E-state index in [4.69, 9.17) is 23.2 Å². The monoisotopic (exact) mass is 234 g/mol. The number of carbonyl (C=O) groups excluding carboxylic acids is 1. The molecular formula is C9H8Cl2O3. The molecule has 0 bridgehead atoms. The molecule has 0 saturated heterocycles. The molecule has 0 radical (unpaired) electrons. The maximum atomic E-state index is 11.0. The number of aliphatic hydroxyl groups excluding tert-OH is 1. The summed E-state index contributed by atoms with van der Waals surface area (Å²) in [7, 11) is 1.20. The highest BCUT2D eigenvalue weighted by molar-refractivity contribution is 6.42. The summed E-state index contributed by atoms with van der Waals surface area (Å²) < 4.78 is 4.37. The van der Waals surface area contributed by atoms with Gasteiger partial charge in [0.05, 0.1) is 17.2 Å². The molecule has 0 aliphatic heterocycles. The van der Waals surface area contributed by atoms with Crippen molar-refractivity contribution in [2.75, 3.05) is 7.11 Å². The Balaban J connectivity index is 2.96. The molecule has 1 aromatic carbocycles. The molecule has 0 saturated carbocycles. The smallest absolute Gasteiger partial charge is 0.339 e. The molecule has 5 heteroatoms. The minimum atomic E-state index is -1.32. The highest BCUT2D eigenvalue weighted by Gasteiger charge is 2.18. The van der Waals surface area contributed by atoms with Crippen molar-refractivity contribution in [3.63, 3.8) is 0 Å². The van der Waals surface area contributed by atoms with Crippen LogP contribution in [0.1, 0.15) is 11.7 Å². The molecule has 0 amide bonds. The number of benzene rings is 1. The molecule has 0 aromatic heterocycles. The van der Waals surface area contributed by atoms with Crippen LogP contribution < -0.4 is 0 Å². The average Bonchev–Trinajstić information content (AvgIpc) is 2.20. The molecule has 14 heavy (non-hydrogen) atoms. The third-order valence-corrected chi connectivity index (χ3v) is 2.42. The number of hydrogen-bond acceptors (Lipinski definition) is 3. The predicted molar refractivity (Wildman–Crippen MR) is 53.4 cm³/mol. The summed E-state index contributed by atoms with van der Waals surface area (Å²) >= 11 is 11.4. The van der Waals surface area contributed by atoms with Gasteiger partial charge in [-0.25, -0.2) is 4.79 Å². The highest BCUT2D eigenvalue weighted by atomic mass is 35.5. The Hall–Kier alpha value is -0.770. The van der Waals surface area contributed by atoms with Gasteiger partial charge in [0.25, 0.3) is 0 Å². The molecule has 0 spiro atoms. The summed E-state index contributed by atoms with van der Waals surface area (Å²) in [4.78, 5) is 11.0. The maximum Gasteiger partial charge on any atom is 0.339 e. The van der Waals surface area contributed by atoms with E-state index in [9.17, 15) is 9.90 Å². The molecule has 1 unspecified atom stereocenters. The van der Waals surface area contributed by atoms with Crippen LogP contribution in [0.3, 0.4) is 0 Å². The Kier molecular flexibility index (Phi) is 3.75. The van der Waals surface area contributed by atoms with Gasteiger partial charge in [0.15, 0.2) is 6.10 Å². The number of methoxy groups -OCH3 is 1. The Bertz CT molecular complexity index is 352. The van der Waals surface area contributed by atoms with Gasteiger partial charge in [-0.15, -0.1) is 0 Å². The fraction of sp³-hybridized carbons (Fsp3) is 0.222. The van der Waals surface area contributed by atoms with E-state index in [1.54, 1.807) is 0 Å². The first-order valence-electron chi connectivity index (χ1n) is 3.77. The van der Waals surface area contributed by atoms with Crippen molar-refractivity contribution in [3.8, 4) is 0 Å². The van der Waals surface area contributed by atoms with Gasteiger partial charge in [0.1, 0.15) is 0 Å². The van der Waals surface area contributed by atoms with E-state index in [0.717, 1.165) is 0 Å². The van der Waals surface area contributed by atoms with Crippen molar-refractivity contribution in [1.29, 1.82) is 0 Å².